The number of hydrogen-bond donors (Lipinski definition) is 5. The van der Waals surface area contributed by atoms with Gasteiger partial charge in [-0.25, -0.2) is 0 Å². The van der Waals surface area contributed by atoms with E-state index in [1.807, 2.05) is 0 Å². The number of aliphatic carboxylic acids is 3. The molecule has 0 aliphatic rings. The molecule has 0 rings (SSSR count). The van der Waals surface area contributed by atoms with Gasteiger partial charge in [0.15, 0.2) is 0 Å². The lowest BCUT2D eigenvalue weighted by atomic mass is 10.1. The second kappa shape index (κ2) is 9.02. The van der Waals surface area contributed by atoms with Crippen molar-refractivity contribution in [2.75, 3.05) is 5.75 Å². The third-order valence-corrected chi connectivity index (χ3v) is 5.05. The Balaban J connectivity index is 4.30. The van der Waals surface area contributed by atoms with E-state index in [-0.39, 0.29) is 18.6 Å². The van der Waals surface area contributed by atoms with Gasteiger partial charge in [-0.1, -0.05) is 21.6 Å². The number of nitrogens with two attached hydrogens (primary N) is 2. The summed E-state index contributed by atoms with van der Waals surface area (Å²) in [5.41, 5.74) is 10.7. The molecule has 110 valence electrons. The molecule has 10 heteroatoms. The Labute approximate surface area is 117 Å². The van der Waals surface area contributed by atoms with E-state index in [4.69, 9.17) is 26.8 Å². The van der Waals surface area contributed by atoms with E-state index < -0.39 is 35.2 Å². The maximum absolute atomic E-state index is 10.8. The third-order valence-electron chi connectivity index (χ3n) is 2.08. The Kier molecular flexibility index (Phi) is 8.56. The Morgan fingerprint density at radius 1 is 1.05 bits per heavy atom. The molecule has 0 amide bonds. The largest absolute Gasteiger partial charge is 0.481 e. The summed E-state index contributed by atoms with van der Waals surface area (Å²) in [7, 11) is 2.12. The number of carboxylic acid groups (broad SMARTS) is 3. The lowest BCUT2D eigenvalue weighted by Gasteiger charge is -2.19. The fourth-order valence-corrected chi connectivity index (χ4v) is 3.82. The minimum Gasteiger partial charge on any atom is -0.481 e. The van der Waals surface area contributed by atoms with Crippen molar-refractivity contribution in [3.63, 3.8) is 0 Å². The van der Waals surface area contributed by atoms with Crippen LogP contribution < -0.4 is 11.5 Å². The Bertz CT molecular complexity index is 341. The van der Waals surface area contributed by atoms with Gasteiger partial charge < -0.3 is 26.8 Å². The molecule has 19 heavy (non-hydrogen) atoms. The lowest BCUT2D eigenvalue weighted by Crippen LogP contribution is -2.40. The van der Waals surface area contributed by atoms with E-state index in [2.05, 4.69) is 0 Å². The van der Waals surface area contributed by atoms with Gasteiger partial charge in [0.2, 0.25) is 0 Å². The molecule has 0 fully saturated rings. The molecule has 0 saturated heterocycles. The predicted molar refractivity (Wildman–Crippen MR) is 71.9 cm³/mol. The average molecular weight is 312 g/mol. The molecule has 0 spiro atoms. The molecule has 0 saturated carbocycles. The Morgan fingerprint density at radius 3 is 2.05 bits per heavy atom. The fourth-order valence-electron chi connectivity index (χ4n) is 0.984. The van der Waals surface area contributed by atoms with Crippen LogP contribution in [-0.2, 0) is 14.4 Å². The monoisotopic (exact) mass is 312 g/mol. The van der Waals surface area contributed by atoms with E-state index in [1.165, 1.54) is 0 Å². The summed E-state index contributed by atoms with van der Waals surface area (Å²) >= 11 is 0. The van der Waals surface area contributed by atoms with Crippen molar-refractivity contribution >= 4 is 39.5 Å². The van der Waals surface area contributed by atoms with Gasteiger partial charge in [0.25, 0.3) is 0 Å². The number of carboxylic acids is 3. The van der Waals surface area contributed by atoms with Crippen molar-refractivity contribution in [2.45, 2.75) is 30.2 Å². The molecule has 0 heterocycles. The molecule has 1 unspecified atom stereocenters. The second-order valence-corrected chi connectivity index (χ2v) is 6.31. The first-order valence-electron chi connectivity index (χ1n) is 5.22. The summed E-state index contributed by atoms with van der Waals surface area (Å²) in [4.78, 5) is 31.7. The topological polar surface area (TPSA) is 164 Å². The summed E-state index contributed by atoms with van der Waals surface area (Å²) in [6.07, 6.45) is -0.118. The SMILES string of the molecule is N[C@H](C(=O)O)C(CCC(=O)O)SSC[C@H](N)C(=O)O. The zero-order chi connectivity index (χ0) is 15.0. The highest BCUT2D eigenvalue weighted by atomic mass is 33.1. The standard InChI is InChI=1S/C9H16N2O6S2/c10-4(8(14)15)3-18-19-5(1-2-6(12)13)7(11)9(16)17/h4-5,7H,1-3,10-11H2,(H,12,13)(H,14,15)(H,16,17)/t4-,5?,7-/m0/s1. The van der Waals surface area contributed by atoms with E-state index in [0.29, 0.717) is 0 Å². The highest BCUT2D eigenvalue weighted by Gasteiger charge is 2.26. The normalized spacial score (nSPS) is 15.5. The van der Waals surface area contributed by atoms with Crippen molar-refractivity contribution in [3.05, 3.63) is 0 Å². The fraction of sp³-hybridized carbons (Fsp3) is 0.667. The van der Waals surface area contributed by atoms with Crippen LogP contribution in [0.2, 0.25) is 0 Å². The molecule has 3 atom stereocenters. The molecule has 0 aromatic heterocycles. The Hall–Kier alpha value is -0.970. The van der Waals surface area contributed by atoms with Gasteiger partial charge in [-0.15, -0.1) is 0 Å². The number of rotatable bonds is 10. The van der Waals surface area contributed by atoms with Crippen molar-refractivity contribution < 1.29 is 29.7 Å². The van der Waals surface area contributed by atoms with Gasteiger partial charge in [-0.05, 0) is 6.42 Å². The van der Waals surface area contributed by atoms with Crippen molar-refractivity contribution in [3.8, 4) is 0 Å². The van der Waals surface area contributed by atoms with Gasteiger partial charge in [0.05, 0.1) is 0 Å². The number of carbonyl (C=O) groups is 3. The minimum absolute atomic E-state index is 0.0793. The van der Waals surface area contributed by atoms with Crippen molar-refractivity contribution in [1.29, 1.82) is 0 Å². The van der Waals surface area contributed by atoms with Crippen LogP contribution >= 0.6 is 21.6 Å². The van der Waals surface area contributed by atoms with Crippen molar-refractivity contribution in [2.24, 2.45) is 11.5 Å². The molecular formula is C9H16N2O6S2. The highest BCUT2D eigenvalue weighted by Crippen LogP contribution is 2.31. The van der Waals surface area contributed by atoms with Gasteiger partial charge in [-0.2, -0.15) is 0 Å². The van der Waals surface area contributed by atoms with E-state index in [0.717, 1.165) is 21.6 Å². The molecule has 0 radical (unpaired) electrons. The first-order valence-corrected chi connectivity index (χ1v) is 7.60. The van der Waals surface area contributed by atoms with Crippen LogP contribution in [0, 0.1) is 0 Å². The molecule has 0 aromatic rings. The lowest BCUT2D eigenvalue weighted by molar-refractivity contribution is -0.140. The molecule has 0 aliphatic heterocycles. The third kappa shape index (κ3) is 7.93. The van der Waals surface area contributed by atoms with Crippen LogP contribution in [0.3, 0.4) is 0 Å². The van der Waals surface area contributed by atoms with E-state index in [9.17, 15) is 14.4 Å². The maximum Gasteiger partial charge on any atom is 0.321 e. The average Bonchev–Trinajstić information content (AvgIpc) is 2.31. The van der Waals surface area contributed by atoms with Gasteiger partial charge in [0.1, 0.15) is 12.1 Å². The van der Waals surface area contributed by atoms with Gasteiger partial charge in [0, 0.05) is 17.4 Å². The summed E-state index contributed by atoms with van der Waals surface area (Å²) in [6.45, 7) is 0. The summed E-state index contributed by atoms with van der Waals surface area (Å²) in [6, 6.07) is -2.27. The van der Waals surface area contributed by atoms with Crippen LogP contribution in [0.25, 0.3) is 0 Å². The second-order valence-electron chi connectivity index (χ2n) is 3.66. The van der Waals surface area contributed by atoms with Gasteiger partial charge in [-0.3, -0.25) is 14.4 Å². The maximum atomic E-state index is 10.8. The van der Waals surface area contributed by atoms with Crippen LogP contribution in [0.5, 0.6) is 0 Å². The smallest absolute Gasteiger partial charge is 0.321 e. The molecule has 8 nitrogen and oxygen atoms in total. The molecule has 0 aromatic carbocycles. The zero-order valence-corrected chi connectivity index (χ0v) is 11.5. The van der Waals surface area contributed by atoms with Gasteiger partial charge >= 0.3 is 17.9 Å². The summed E-state index contributed by atoms with van der Waals surface area (Å²) in [5, 5.41) is 25.3. The molecular weight excluding hydrogens is 296 g/mol. The van der Waals surface area contributed by atoms with Crippen LogP contribution in [0.1, 0.15) is 12.8 Å². The molecule has 7 N–H and O–H groups in total. The first kappa shape index (κ1) is 18.0. The minimum atomic E-state index is -1.23. The van der Waals surface area contributed by atoms with E-state index >= 15 is 0 Å². The molecule has 0 aliphatic carbocycles. The Morgan fingerprint density at radius 2 is 1.63 bits per heavy atom. The highest BCUT2D eigenvalue weighted by molar-refractivity contribution is 8.77. The van der Waals surface area contributed by atoms with Crippen molar-refractivity contribution in [1.82, 2.24) is 0 Å². The van der Waals surface area contributed by atoms with E-state index in [1.54, 1.807) is 0 Å². The quantitative estimate of drug-likeness (QED) is 0.330. The summed E-state index contributed by atoms with van der Waals surface area (Å²) in [5.74, 6) is -3.35. The molecule has 0 bridgehead atoms. The zero-order valence-electron chi connectivity index (χ0n) is 9.89. The number of hydrogen-bond acceptors (Lipinski definition) is 7. The van der Waals surface area contributed by atoms with Crippen LogP contribution in [0.4, 0.5) is 0 Å². The summed E-state index contributed by atoms with van der Waals surface area (Å²) < 4.78 is 0. The first-order chi connectivity index (χ1) is 8.75. The predicted octanol–water partition coefficient (Wildman–Crippen LogP) is -0.575. The van der Waals surface area contributed by atoms with Crippen LogP contribution in [-0.4, -0.2) is 56.3 Å². The van der Waals surface area contributed by atoms with Crippen LogP contribution in [0.15, 0.2) is 0 Å².